The average Bonchev–Trinajstić information content (AvgIpc) is 2.83. The summed E-state index contributed by atoms with van der Waals surface area (Å²) in [6.45, 7) is 9.97. The number of likely N-dealkylation sites (N-methyl/N-ethyl adjacent to an activating group) is 1. The summed E-state index contributed by atoms with van der Waals surface area (Å²) in [6, 6.07) is 7.33. The molecular formula is C25H34N4O4S. The summed E-state index contributed by atoms with van der Waals surface area (Å²) < 4.78 is 4.89. The molecule has 1 saturated heterocycles. The summed E-state index contributed by atoms with van der Waals surface area (Å²) in [5.74, 6) is 0.360. The zero-order valence-electron chi connectivity index (χ0n) is 20.4. The molecule has 1 aromatic rings. The first-order valence-electron chi connectivity index (χ1n) is 11.9. The minimum atomic E-state index is -0.386. The summed E-state index contributed by atoms with van der Waals surface area (Å²) in [5.41, 5.74) is 2.98. The van der Waals surface area contributed by atoms with Crippen molar-refractivity contribution in [3.63, 3.8) is 0 Å². The van der Waals surface area contributed by atoms with Gasteiger partial charge in [-0.3, -0.25) is 14.4 Å². The van der Waals surface area contributed by atoms with E-state index in [1.165, 1.54) is 0 Å². The summed E-state index contributed by atoms with van der Waals surface area (Å²) >= 11 is 1.71. The van der Waals surface area contributed by atoms with Crippen LogP contribution in [0.2, 0.25) is 0 Å². The van der Waals surface area contributed by atoms with Gasteiger partial charge in [-0.25, -0.2) is 4.99 Å². The third-order valence-corrected chi connectivity index (χ3v) is 6.96. The number of thioether (sulfide) groups is 1. The second-order valence-corrected chi connectivity index (χ2v) is 9.21. The molecule has 34 heavy (non-hydrogen) atoms. The largest absolute Gasteiger partial charge is 0.466 e. The van der Waals surface area contributed by atoms with Gasteiger partial charge in [0.2, 0.25) is 5.91 Å². The third kappa shape index (κ3) is 6.00. The number of hydrogen-bond donors (Lipinski definition) is 1. The lowest BCUT2D eigenvalue weighted by molar-refractivity contribution is -0.144. The number of anilines is 1. The molecule has 1 atom stereocenters. The van der Waals surface area contributed by atoms with Crippen LogP contribution in [-0.4, -0.2) is 64.7 Å². The van der Waals surface area contributed by atoms with Crippen LogP contribution in [0.3, 0.4) is 0 Å². The minimum Gasteiger partial charge on any atom is -0.466 e. The second-order valence-electron chi connectivity index (χ2n) is 8.15. The number of benzene rings is 1. The Bertz CT molecular complexity index is 987. The SMILES string of the molecule is CCOC(=O)CCC(=O)Nc1cccc(C2C(C(=O)N(CC)CC)=C(C)N=C3SCCCN32)c1. The monoisotopic (exact) mass is 486 g/mol. The van der Waals surface area contributed by atoms with Crippen LogP contribution in [-0.2, 0) is 19.1 Å². The van der Waals surface area contributed by atoms with Crippen molar-refractivity contribution in [2.45, 2.75) is 53.0 Å². The first kappa shape index (κ1) is 25.8. The Morgan fingerprint density at radius 1 is 1.21 bits per heavy atom. The van der Waals surface area contributed by atoms with Crippen molar-refractivity contribution >= 4 is 40.4 Å². The molecule has 0 bridgehead atoms. The minimum absolute atomic E-state index is 0.00486. The van der Waals surface area contributed by atoms with Gasteiger partial charge in [-0.1, -0.05) is 23.9 Å². The van der Waals surface area contributed by atoms with Gasteiger partial charge in [0.25, 0.3) is 5.91 Å². The van der Waals surface area contributed by atoms with Crippen LogP contribution in [0.15, 0.2) is 40.5 Å². The highest BCUT2D eigenvalue weighted by Gasteiger charge is 2.38. The topological polar surface area (TPSA) is 91.3 Å². The van der Waals surface area contributed by atoms with E-state index in [1.54, 1.807) is 18.7 Å². The zero-order valence-corrected chi connectivity index (χ0v) is 21.2. The van der Waals surface area contributed by atoms with Crippen molar-refractivity contribution in [1.82, 2.24) is 9.80 Å². The van der Waals surface area contributed by atoms with E-state index >= 15 is 0 Å². The number of carbonyl (C=O) groups excluding carboxylic acids is 3. The van der Waals surface area contributed by atoms with Crippen molar-refractivity contribution in [2.24, 2.45) is 4.99 Å². The Morgan fingerprint density at radius 3 is 2.68 bits per heavy atom. The van der Waals surface area contributed by atoms with Crippen molar-refractivity contribution in [1.29, 1.82) is 0 Å². The van der Waals surface area contributed by atoms with Gasteiger partial charge >= 0.3 is 5.97 Å². The number of allylic oxidation sites excluding steroid dienone is 1. The van der Waals surface area contributed by atoms with E-state index in [0.29, 0.717) is 31.0 Å². The van der Waals surface area contributed by atoms with Gasteiger partial charge in [0, 0.05) is 37.5 Å². The molecule has 2 amide bonds. The molecule has 9 heteroatoms. The third-order valence-electron chi connectivity index (χ3n) is 5.89. The predicted octanol–water partition coefficient (Wildman–Crippen LogP) is 3.96. The molecule has 2 aliphatic rings. The highest BCUT2D eigenvalue weighted by molar-refractivity contribution is 8.13. The van der Waals surface area contributed by atoms with Gasteiger partial charge in [-0.15, -0.1) is 0 Å². The standard InChI is InChI=1S/C25H34N4O4S/c1-5-28(6-2)24(32)22-17(4)26-25-29(14-9-15-34-25)23(22)18-10-8-11-19(16-18)27-20(30)12-13-21(31)33-7-3/h8,10-11,16,23H,5-7,9,12-15H2,1-4H3,(H,27,30). The molecule has 0 aliphatic carbocycles. The maximum Gasteiger partial charge on any atom is 0.306 e. The van der Waals surface area contributed by atoms with Crippen molar-refractivity contribution in [3.8, 4) is 0 Å². The van der Waals surface area contributed by atoms with E-state index in [0.717, 1.165) is 35.1 Å². The Labute approximate surface area is 205 Å². The van der Waals surface area contributed by atoms with Crippen molar-refractivity contribution < 1.29 is 19.1 Å². The van der Waals surface area contributed by atoms with E-state index in [1.807, 2.05) is 49.9 Å². The van der Waals surface area contributed by atoms with Gasteiger partial charge in [-0.2, -0.15) is 0 Å². The summed E-state index contributed by atoms with van der Waals surface area (Å²) in [4.78, 5) is 46.3. The van der Waals surface area contributed by atoms with E-state index in [-0.39, 0.29) is 36.7 Å². The van der Waals surface area contributed by atoms with Crippen molar-refractivity contribution in [2.75, 3.05) is 37.3 Å². The number of aliphatic imine (C=N–C) groups is 1. The maximum atomic E-state index is 13.5. The summed E-state index contributed by atoms with van der Waals surface area (Å²) in [7, 11) is 0. The number of fused-ring (bicyclic) bond motifs is 1. The molecule has 1 unspecified atom stereocenters. The van der Waals surface area contributed by atoms with Crippen LogP contribution in [0.25, 0.3) is 0 Å². The molecule has 1 fully saturated rings. The molecule has 0 radical (unpaired) electrons. The van der Waals surface area contributed by atoms with E-state index < -0.39 is 0 Å². The van der Waals surface area contributed by atoms with Crippen LogP contribution in [0.1, 0.15) is 58.6 Å². The number of nitrogens with zero attached hydrogens (tertiary/aromatic N) is 3. The number of hydrogen-bond acceptors (Lipinski definition) is 7. The van der Waals surface area contributed by atoms with Gasteiger partial charge in [0.15, 0.2) is 5.17 Å². The summed E-state index contributed by atoms with van der Waals surface area (Å²) in [6.07, 6.45) is 1.10. The molecule has 1 aromatic carbocycles. The Kier molecular flexibility index (Phi) is 9.15. The fourth-order valence-corrected chi connectivity index (χ4v) is 5.25. The second kappa shape index (κ2) is 12.1. The molecule has 0 spiro atoms. The zero-order chi connectivity index (χ0) is 24.7. The maximum absolute atomic E-state index is 13.5. The number of carbonyl (C=O) groups is 3. The van der Waals surface area contributed by atoms with Gasteiger partial charge in [0.1, 0.15) is 0 Å². The molecule has 2 aliphatic heterocycles. The molecule has 2 heterocycles. The lowest BCUT2D eigenvalue weighted by atomic mass is 9.92. The van der Waals surface area contributed by atoms with Crippen LogP contribution in [0.5, 0.6) is 0 Å². The molecule has 1 N–H and O–H groups in total. The first-order chi connectivity index (χ1) is 16.4. The molecule has 3 rings (SSSR count). The van der Waals surface area contributed by atoms with E-state index in [9.17, 15) is 14.4 Å². The highest BCUT2D eigenvalue weighted by atomic mass is 32.2. The van der Waals surface area contributed by atoms with Gasteiger partial charge in [-0.05, 0) is 51.8 Å². The number of esters is 1. The van der Waals surface area contributed by atoms with Crippen LogP contribution >= 0.6 is 11.8 Å². The number of ether oxygens (including phenoxy) is 1. The van der Waals surface area contributed by atoms with Crippen LogP contribution < -0.4 is 5.32 Å². The fraction of sp³-hybridized carbons (Fsp3) is 0.520. The molecular weight excluding hydrogens is 452 g/mol. The highest BCUT2D eigenvalue weighted by Crippen LogP contribution is 2.40. The van der Waals surface area contributed by atoms with E-state index in [2.05, 4.69) is 10.2 Å². The quantitative estimate of drug-likeness (QED) is 0.531. The van der Waals surface area contributed by atoms with Crippen molar-refractivity contribution in [3.05, 3.63) is 41.1 Å². The van der Waals surface area contributed by atoms with E-state index in [4.69, 9.17) is 9.73 Å². The number of amidine groups is 1. The number of nitrogens with one attached hydrogen (secondary N) is 1. The average molecular weight is 487 g/mol. The molecule has 184 valence electrons. The van der Waals surface area contributed by atoms with Crippen LogP contribution in [0, 0.1) is 0 Å². The number of amides is 2. The molecule has 8 nitrogen and oxygen atoms in total. The molecule has 0 saturated carbocycles. The first-order valence-corrected chi connectivity index (χ1v) is 12.9. The lowest BCUT2D eigenvalue weighted by Gasteiger charge is -2.41. The Balaban J connectivity index is 1.89. The molecule has 0 aromatic heterocycles. The lowest BCUT2D eigenvalue weighted by Crippen LogP contribution is -2.45. The number of rotatable bonds is 9. The summed E-state index contributed by atoms with van der Waals surface area (Å²) in [5, 5.41) is 3.82. The Hall–Kier alpha value is -2.81. The normalized spacial score (nSPS) is 17.6. The van der Waals surface area contributed by atoms with Gasteiger partial charge in [0.05, 0.1) is 30.3 Å². The Morgan fingerprint density at radius 2 is 1.97 bits per heavy atom. The van der Waals surface area contributed by atoms with Gasteiger partial charge < -0.3 is 19.9 Å². The van der Waals surface area contributed by atoms with Crippen LogP contribution in [0.4, 0.5) is 5.69 Å². The smallest absolute Gasteiger partial charge is 0.306 e. The fourth-order valence-electron chi connectivity index (χ4n) is 4.23. The predicted molar refractivity (Wildman–Crippen MR) is 136 cm³/mol.